The summed E-state index contributed by atoms with van der Waals surface area (Å²) in [6.45, 7) is 0. The molecule has 0 saturated carbocycles. The van der Waals surface area contributed by atoms with Crippen LogP contribution in [0.15, 0.2) is 199 Å². The van der Waals surface area contributed by atoms with E-state index >= 15 is 0 Å². The normalized spacial score (nSPS) is 11.6. The lowest BCUT2D eigenvalue weighted by Gasteiger charge is -2.14. The fraction of sp³-hybridized carbons (Fsp3) is 0. The van der Waals surface area contributed by atoms with Crippen molar-refractivity contribution in [2.45, 2.75) is 0 Å². The predicted octanol–water partition coefficient (Wildman–Crippen LogP) is 13.2. The van der Waals surface area contributed by atoms with Gasteiger partial charge in [-0.3, -0.25) is 4.57 Å². The van der Waals surface area contributed by atoms with Crippen molar-refractivity contribution in [1.29, 1.82) is 0 Å². The molecule has 0 spiro atoms. The molecule has 0 unspecified atom stereocenters. The maximum Gasteiger partial charge on any atom is 0.238 e. The lowest BCUT2D eigenvalue weighted by atomic mass is 10.0. The minimum atomic E-state index is 0.511. The molecule has 0 saturated heterocycles. The number of aromatic nitrogens is 4. The molecule has 8 aromatic carbocycles. The highest BCUT2D eigenvalue weighted by atomic mass is 16.3. The topological polar surface area (TPSA) is 56.7 Å². The van der Waals surface area contributed by atoms with Crippen LogP contribution < -0.4 is 0 Å². The van der Waals surface area contributed by atoms with E-state index in [1.165, 1.54) is 0 Å². The minimum Gasteiger partial charge on any atom is -0.454 e. The summed E-state index contributed by atoms with van der Waals surface area (Å²) < 4.78 is 8.97. The van der Waals surface area contributed by atoms with Crippen LogP contribution in [0.5, 0.6) is 0 Å². The highest BCUT2D eigenvalue weighted by molar-refractivity contribution is 6.23. The third-order valence-corrected chi connectivity index (χ3v) is 10.7. The zero-order valence-electron chi connectivity index (χ0n) is 30.2. The SMILES string of the molecule is c1ccc(-c2cccc(-c3nc(-c4cccc(-c5ccccc5)c4)nc(-n4c5c(-c6ccccc6)cccc5c5ccc6c7ccccc7oc6c54)n3)c2)cc1. The molecule has 0 bridgehead atoms. The van der Waals surface area contributed by atoms with E-state index in [0.717, 1.165) is 88.3 Å². The lowest BCUT2D eigenvalue weighted by molar-refractivity contribution is 0.670. The number of fused-ring (bicyclic) bond motifs is 7. The summed E-state index contributed by atoms with van der Waals surface area (Å²) in [6.07, 6.45) is 0. The van der Waals surface area contributed by atoms with E-state index in [1.807, 2.05) is 24.3 Å². The van der Waals surface area contributed by atoms with Crippen molar-refractivity contribution < 1.29 is 4.42 Å². The van der Waals surface area contributed by atoms with Gasteiger partial charge >= 0.3 is 0 Å². The van der Waals surface area contributed by atoms with Crippen LogP contribution in [0, 0.1) is 0 Å². The van der Waals surface area contributed by atoms with Crippen LogP contribution >= 0.6 is 0 Å². The Morgan fingerprint density at radius 1 is 0.339 bits per heavy atom. The van der Waals surface area contributed by atoms with Crippen LogP contribution in [0.2, 0.25) is 0 Å². The third-order valence-electron chi connectivity index (χ3n) is 10.7. The van der Waals surface area contributed by atoms with Crippen LogP contribution in [0.3, 0.4) is 0 Å². The summed E-state index contributed by atoms with van der Waals surface area (Å²) in [7, 11) is 0. The molecule has 3 heterocycles. The van der Waals surface area contributed by atoms with Gasteiger partial charge in [0.1, 0.15) is 11.1 Å². The highest BCUT2D eigenvalue weighted by Gasteiger charge is 2.24. The first-order chi connectivity index (χ1) is 27.8. The van der Waals surface area contributed by atoms with Crippen molar-refractivity contribution >= 4 is 43.7 Å². The predicted molar refractivity (Wildman–Crippen MR) is 229 cm³/mol. The molecule has 5 heteroatoms. The number of rotatable bonds is 6. The number of furan rings is 1. The van der Waals surface area contributed by atoms with E-state index in [0.29, 0.717) is 17.6 Å². The van der Waals surface area contributed by atoms with E-state index in [2.05, 4.69) is 174 Å². The zero-order valence-corrected chi connectivity index (χ0v) is 30.2. The van der Waals surface area contributed by atoms with E-state index in [4.69, 9.17) is 19.4 Å². The third kappa shape index (κ3) is 5.29. The Kier molecular flexibility index (Phi) is 7.42. The van der Waals surface area contributed by atoms with E-state index in [9.17, 15) is 0 Å². The molecular weight excluding hydrogens is 685 g/mol. The summed E-state index contributed by atoms with van der Waals surface area (Å²) in [6, 6.07) is 67.3. The van der Waals surface area contributed by atoms with Gasteiger partial charge in [-0.05, 0) is 52.1 Å². The van der Waals surface area contributed by atoms with E-state index in [1.54, 1.807) is 0 Å². The minimum absolute atomic E-state index is 0.511. The van der Waals surface area contributed by atoms with Crippen LogP contribution in [-0.2, 0) is 0 Å². The van der Waals surface area contributed by atoms with Crippen LogP contribution in [0.1, 0.15) is 0 Å². The molecule has 0 aliphatic carbocycles. The largest absolute Gasteiger partial charge is 0.454 e. The van der Waals surface area contributed by atoms with Gasteiger partial charge in [-0.2, -0.15) is 9.97 Å². The Hall–Kier alpha value is -7.63. The van der Waals surface area contributed by atoms with Gasteiger partial charge in [0.25, 0.3) is 0 Å². The first-order valence-corrected chi connectivity index (χ1v) is 18.8. The smallest absolute Gasteiger partial charge is 0.238 e. The molecular formula is C51H32N4O. The Bertz CT molecular complexity index is 3140. The second-order valence-electron chi connectivity index (χ2n) is 14.0. The van der Waals surface area contributed by atoms with Gasteiger partial charge < -0.3 is 4.42 Å². The second kappa shape index (κ2) is 13.0. The molecule has 0 aliphatic rings. The molecule has 3 aromatic heterocycles. The molecule has 0 radical (unpaired) electrons. The van der Waals surface area contributed by atoms with Crippen molar-refractivity contribution in [2.75, 3.05) is 0 Å². The van der Waals surface area contributed by atoms with Gasteiger partial charge in [-0.25, -0.2) is 4.98 Å². The molecule has 0 atom stereocenters. The fourth-order valence-corrected chi connectivity index (χ4v) is 8.04. The summed E-state index contributed by atoms with van der Waals surface area (Å²) in [4.78, 5) is 16.0. The van der Waals surface area contributed by atoms with Crippen LogP contribution in [-0.4, -0.2) is 19.5 Å². The number of hydrogen-bond donors (Lipinski definition) is 0. The van der Waals surface area contributed by atoms with Gasteiger partial charge in [-0.1, -0.05) is 170 Å². The van der Waals surface area contributed by atoms with Gasteiger partial charge in [0.2, 0.25) is 5.95 Å². The molecule has 0 fully saturated rings. The summed E-state index contributed by atoms with van der Waals surface area (Å²) >= 11 is 0. The standard InChI is InChI=1S/C51H32N4O/c1-4-15-33(16-5-1)36-21-12-23-38(31-36)49-52-50(39-24-13-22-37(32-39)34-17-6-2-7-18-34)54-51(53-49)55-46-40(35-19-8-3-9-20-35)26-14-27-42(46)43-29-30-44-41-25-10-11-28-45(41)56-48(44)47(43)55/h1-32H. The molecule has 11 aromatic rings. The van der Waals surface area contributed by atoms with Gasteiger partial charge in [0.15, 0.2) is 17.2 Å². The zero-order chi connectivity index (χ0) is 37.0. The first-order valence-electron chi connectivity index (χ1n) is 18.8. The highest BCUT2D eigenvalue weighted by Crippen LogP contribution is 2.43. The van der Waals surface area contributed by atoms with E-state index < -0.39 is 0 Å². The number of hydrogen-bond acceptors (Lipinski definition) is 4. The van der Waals surface area contributed by atoms with Crippen LogP contribution in [0.4, 0.5) is 0 Å². The molecule has 5 nitrogen and oxygen atoms in total. The maximum absolute atomic E-state index is 6.77. The van der Waals surface area contributed by atoms with E-state index in [-0.39, 0.29) is 0 Å². The maximum atomic E-state index is 6.77. The molecule has 262 valence electrons. The van der Waals surface area contributed by atoms with Gasteiger partial charge in [0, 0.05) is 38.2 Å². The Morgan fingerprint density at radius 3 is 1.46 bits per heavy atom. The average molecular weight is 717 g/mol. The number of benzene rings is 8. The molecule has 0 amide bonds. The summed E-state index contributed by atoms with van der Waals surface area (Å²) in [5.74, 6) is 1.67. The Morgan fingerprint density at radius 2 is 0.821 bits per heavy atom. The summed E-state index contributed by atoms with van der Waals surface area (Å²) in [5.41, 5.74) is 11.9. The van der Waals surface area contributed by atoms with Crippen LogP contribution in [0.25, 0.3) is 106 Å². The molecule has 11 rings (SSSR count). The quantitative estimate of drug-likeness (QED) is 0.172. The molecule has 0 aliphatic heterocycles. The monoisotopic (exact) mass is 716 g/mol. The second-order valence-corrected chi connectivity index (χ2v) is 14.0. The lowest BCUT2D eigenvalue weighted by Crippen LogP contribution is -2.07. The van der Waals surface area contributed by atoms with Crippen molar-refractivity contribution in [3.8, 4) is 62.1 Å². The van der Waals surface area contributed by atoms with Crippen molar-refractivity contribution in [1.82, 2.24) is 19.5 Å². The fourth-order valence-electron chi connectivity index (χ4n) is 8.04. The molecule has 56 heavy (non-hydrogen) atoms. The van der Waals surface area contributed by atoms with Crippen molar-refractivity contribution in [3.05, 3.63) is 194 Å². The van der Waals surface area contributed by atoms with Gasteiger partial charge in [-0.15, -0.1) is 0 Å². The number of para-hydroxylation sites is 2. The average Bonchev–Trinajstić information content (AvgIpc) is 3.84. The van der Waals surface area contributed by atoms with Gasteiger partial charge in [0.05, 0.1) is 5.52 Å². The summed E-state index contributed by atoms with van der Waals surface area (Å²) in [5, 5.41) is 4.25. The first kappa shape index (κ1) is 31.9. The Labute approximate surface area is 322 Å². The van der Waals surface area contributed by atoms with Crippen molar-refractivity contribution in [2.24, 2.45) is 0 Å². The Balaban J connectivity index is 1.25. The van der Waals surface area contributed by atoms with Crippen molar-refractivity contribution in [3.63, 3.8) is 0 Å². The molecule has 0 N–H and O–H groups in total. The number of nitrogens with zero attached hydrogens (tertiary/aromatic N) is 4.